The highest BCUT2D eigenvalue weighted by Gasteiger charge is 2.37. The summed E-state index contributed by atoms with van der Waals surface area (Å²) in [6.45, 7) is 6.30. The fraction of sp³-hybridized carbons (Fsp3) is 0.750. The third-order valence-electron chi connectivity index (χ3n) is 3.31. The van der Waals surface area contributed by atoms with E-state index in [1.807, 2.05) is 6.20 Å². The molecule has 16 heavy (non-hydrogen) atoms. The van der Waals surface area contributed by atoms with E-state index in [2.05, 4.69) is 23.7 Å². The molecule has 2 aliphatic rings. The van der Waals surface area contributed by atoms with Gasteiger partial charge in [-0.2, -0.15) is 0 Å². The quantitative estimate of drug-likeness (QED) is 0.791. The highest BCUT2D eigenvalue weighted by atomic mass is 32.1. The first-order valence-electron chi connectivity index (χ1n) is 6.05. The zero-order chi connectivity index (χ0) is 11.1. The number of thiazole rings is 1. The maximum Gasteiger partial charge on any atom is 0.185 e. The second-order valence-corrected chi connectivity index (χ2v) is 6.19. The molecule has 3 rings (SSSR count). The second kappa shape index (κ2) is 4.00. The molecule has 0 bridgehead atoms. The Morgan fingerprint density at radius 1 is 1.44 bits per heavy atom. The zero-order valence-electron chi connectivity index (χ0n) is 9.85. The van der Waals surface area contributed by atoms with Gasteiger partial charge in [-0.05, 0) is 32.6 Å². The monoisotopic (exact) mass is 238 g/mol. The van der Waals surface area contributed by atoms with Gasteiger partial charge in [0.2, 0.25) is 0 Å². The van der Waals surface area contributed by atoms with E-state index >= 15 is 0 Å². The van der Waals surface area contributed by atoms with Gasteiger partial charge in [-0.3, -0.25) is 0 Å². The largest absolute Gasteiger partial charge is 0.371 e. The highest BCUT2D eigenvalue weighted by Crippen LogP contribution is 2.37. The van der Waals surface area contributed by atoms with E-state index in [1.54, 1.807) is 11.3 Å². The molecule has 88 valence electrons. The standard InChI is InChI=1S/C12H18N2OS/c1-8-6-14(12-13-5-9(2)16-12)7-11(15-8)10-3-4-10/h5,8,10-11H,3-4,6-7H2,1-2H3/t8-,11+/m1/s1. The van der Waals surface area contributed by atoms with Gasteiger partial charge in [0.1, 0.15) is 0 Å². The molecule has 2 heterocycles. The molecular weight excluding hydrogens is 220 g/mol. The molecule has 1 aliphatic heterocycles. The van der Waals surface area contributed by atoms with Crippen molar-refractivity contribution in [3.63, 3.8) is 0 Å². The maximum atomic E-state index is 6.00. The Bertz CT molecular complexity index is 375. The number of anilines is 1. The van der Waals surface area contributed by atoms with Crippen LogP contribution in [0.1, 0.15) is 24.6 Å². The van der Waals surface area contributed by atoms with Crippen LogP contribution in [0.3, 0.4) is 0 Å². The van der Waals surface area contributed by atoms with Gasteiger partial charge in [0, 0.05) is 24.2 Å². The van der Waals surface area contributed by atoms with E-state index in [4.69, 9.17) is 4.74 Å². The SMILES string of the molecule is Cc1cnc(N2C[C@@H](C)O[C@H](C3CC3)C2)s1. The third-order valence-corrected chi connectivity index (χ3v) is 4.29. The van der Waals surface area contributed by atoms with E-state index in [1.165, 1.54) is 22.9 Å². The number of nitrogens with zero attached hydrogens (tertiary/aromatic N) is 2. The Balaban J connectivity index is 1.74. The van der Waals surface area contributed by atoms with Gasteiger partial charge in [-0.25, -0.2) is 4.98 Å². The van der Waals surface area contributed by atoms with Crippen molar-refractivity contribution in [3.8, 4) is 0 Å². The number of hydrogen-bond acceptors (Lipinski definition) is 4. The Morgan fingerprint density at radius 3 is 2.88 bits per heavy atom. The van der Waals surface area contributed by atoms with Crippen molar-refractivity contribution in [2.24, 2.45) is 5.92 Å². The molecule has 1 saturated carbocycles. The van der Waals surface area contributed by atoms with Crippen molar-refractivity contribution in [1.29, 1.82) is 0 Å². The van der Waals surface area contributed by atoms with Crippen molar-refractivity contribution < 1.29 is 4.74 Å². The Labute approximate surface area is 100 Å². The molecule has 2 atom stereocenters. The number of morpholine rings is 1. The summed E-state index contributed by atoms with van der Waals surface area (Å²) < 4.78 is 6.00. The zero-order valence-corrected chi connectivity index (χ0v) is 10.7. The normalized spacial score (nSPS) is 30.8. The summed E-state index contributed by atoms with van der Waals surface area (Å²) in [6.07, 6.45) is 5.44. The number of aryl methyl sites for hydroxylation is 1. The van der Waals surface area contributed by atoms with Crippen molar-refractivity contribution in [3.05, 3.63) is 11.1 Å². The lowest BCUT2D eigenvalue weighted by molar-refractivity contribution is -0.0271. The molecule has 1 saturated heterocycles. The maximum absolute atomic E-state index is 6.00. The van der Waals surface area contributed by atoms with Crippen LogP contribution in [0.4, 0.5) is 5.13 Å². The smallest absolute Gasteiger partial charge is 0.185 e. The Morgan fingerprint density at radius 2 is 2.25 bits per heavy atom. The van der Waals surface area contributed by atoms with Crippen LogP contribution in [0.5, 0.6) is 0 Å². The van der Waals surface area contributed by atoms with E-state index < -0.39 is 0 Å². The van der Waals surface area contributed by atoms with E-state index in [9.17, 15) is 0 Å². The summed E-state index contributed by atoms with van der Waals surface area (Å²) in [4.78, 5) is 8.16. The lowest BCUT2D eigenvalue weighted by Crippen LogP contribution is -2.47. The number of rotatable bonds is 2. The summed E-state index contributed by atoms with van der Waals surface area (Å²) in [7, 11) is 0. The summed E-state index contributed by atoms with van der Waals surface area (Å²) >= 11 is 1.79. The van der Waals surface area contributed by atoms with Gasteiger partial charge < -0.3 is 9.64 Å². The molecule has 0 unspecified atom stereocenters. The predicted octanol–water partition coefficient (Wildman–Crippen LogP) is 2.46. The van der Waals surface area contributed by atoms with Gasteiger partial charge in [-0.15, -0.1) is 11.3 Å². The highest BCUT2D eigenvalue weighted by molar-refractivity contribution is 7.15. The summed E-state index contributed by atoms with van der Waals surface area (Å²) in [5.74, 6) is 0.811. The van der Waals surface area contributed by atoms with Crippen LogP contribution in [0.25, 0.3) is 0 Å². The van der Waals surface area contributed by atoms with Crippen molar-refractivity contribution in [2.75, 3.05) is 18.0 Å². The molecule has 0 N–H and O–H groups in total. The van der Waals surface area contributed by atoms with E-state index in [0.717, 1.165) is 19.0 Å². The molecule has 0 spiro atoms. The first-order chi connectivity index (χ1) is 7.72. The molecule has 3 nitrogen and oxygen atoms in total. The molecular formula is C12H18N2OS. The van der Waals surface area contributed by atoms with Gasteiger partial charge in [0.05, 0.1) is 12.2 Å². The minimum absolute atomic E-state index is 0.337. The molecule has 4 heteroatoms. The average Bonchev–Trinajstić information content (AvgIpc) is 3.01. The molecule has 1 aliphatic carbocycles. The first-order valence-corrected chi connectivity index (χ1v) is 6.87. The van der Waals surface area contributed by atoms with Crippen LogP contribution in [0.2, 0.25) is 0 Å². The topological polar surface area (TPSA) is 25.4 Å². The van der Waals surface area contributed by atoms with Crippen LogP contribution in [-0.2, 0) is 4.74 Å². The summed E-state index contributed by atoms with van der Waals surface area (Å²) in [5, 5.41) is 1.17. The minimum atomic E-state index is 0.337. The number of aromatic nitrogens is 1. The Kier molecular flexibility index (Phi) is 2.64. The minimum Gasteiger partial charge on any atom is -0.371 e. The molecule has 0 amide bonds. The molecule has 1 aromatic rings. The number of hydrogen-bond donors (Lipinski definition) is 0. The summed E-state index contributed by atoms with van der Waals surface area (Å²) in [6, 6.07) is 0. The van der Waals surface area contributed by atoms with Gasteiger partial charge in [-0.1, -0.05) is 0 Å². The van der Waals surface area contributed by atoms with Gasteiger partial charge in [0.15, 0.2) is 5.13 Å². The lowest BCUT2D eigenvalue weighted by atomic mass is 10.1. The van der Waals surface area contributed by atoms with Crippen molar-refractivity contribution in [1.82, 2.24) is 4.98 Å². The molecule has 0 radical (unpaired) electrons. The van der Waals surface area contributed by atoms with Crippen LogP contribution in [-0.4, -0.2) is 30.3 Å². The van der Waals surface area contributed by atoms with Crippen LogP contribution >= 0.6 is 11.3 Å². The fourth-order valence-electron chi connectivity index (χ4n) is 2.36. The van der Waals surface area contributed by atoms with E-state index in [-0.39, 0.29) is 0 Å². The fourth-order valence-corrected chi connectivity index (χ4v) is 3.14. The predicted molar refractivity (Wildman–Crippen MR) is 66.1 cm³/mol. The Hall–Kier alpha value is -0.610. The molecule has 1 aromatic heterocycles. The van der Waals surface area contributed by atoms with Crippen molar-refractivity contribution >= 4 is 16.5 Å². The number of ether oxygens (including phenoxy) is 1. The van der Waals surface area contributed by atoms with Crippen LogP contribution < -0.4 is 4.90 Å². The second-order valence-electron chi connectivity index (χ2n) is 4.98. The van der Waals surface area contributed by atoms with E-state index in [0.29, 0.717) is 12.2 Å². The molecule has 0 aromatic carbocycles. The lowest BCUT2D eigenvalue weighted by Gasteiger charge is -2.36. The van der Waals surface area contributed by atoms with Crippen LogP contribution in [0.15, 0.2) is 6.20 Å². The average molecular weight is 238 g/mol. The van der Waals surface area contributed by atoms with Gasteiger partial charge >= 0.3 is 0 Å². The summed E-state index contributed by atoms with van der Waals surface area (Å²) in [5.41, 5.74) is 0. The van der Waals surface area contributed by atoms with Crippen LogP contribution in [0, 0.1) is 12.8 Å². The first kappa shape index (κ1) is 10.5. The third kappa shape index (κ3) is 2.09. The van der Waals surface area contributed by atoms with Gasteiger partial charge in [0.25, 0.3) is 0 Å². The van der Waals surface area contributed by atoms with Crippen molar-refractivity contribution in [2.45, 2.75) is 38.9 Å². The molecule has 2 fully saturated rings.